The highest BCUT2D eigenvalue weighted by atomic mass is 32.1. The number of amides is 1. The van der Waals surface area contributed by atoms with Crippen molar-refractivity contribution in [2.24, 2.45) is 0 Å². The zero-order valence-corrected chi connectivity index (χ0v) is 16.2. The van der Waals surface area contributed by atoms with Crippen LogP contribution in [0.2, 0.25) is 0 Å². The van der Waals surface area contributed by atoms with Gasteiger partial charge in [0.15, 0.2) is 16.6 Å². The first-order valence-corrected chi connectivity index (χ1v) is 10.3. The van der Waals surface area contributed by atoms with Gasteiger partial charge in [0.2, 0.25) is 0 Å². The number of hydrogen-bond acceptors (Lipinski definition) is 6. The second-order valence-electron chi connectivity index (χ2n) is 6.04. The molecule has 9 heteroatoms. The molecule has 1 N–H and O–H groups in total. The zero-order chi connectivity index (χ0) is 18.9. The molecule has 5 rings (SSSR count). The summed E-state index contributed by atoms with van der Waals surface area (Å²) in [4.78, 5) is 26.1. The summed E-state index contributed by atoms with van der Waals surface area (Å²) in [6.07, 6.45) is 7.21. The summed E-state index contributed by atoms with van der Waals surface area (Å²) < 4.78 is 3.73. The molecule has 0 fully saturated rings. The molecule has 1 amide bonds. The van der Waals surface area contributed by atoms with E-state index in [9.17, 15) is 4.79 Å². The van der Waals surface area contributed by atoms with Crippen LogP contribution < -0.4 is 5.32 Å². The van der Waals surface area contributed by atoms with Crippen molar-refractivity contribution in [2.45, 2.75) is 6.54 Å². The summed E-state index contributed by atoms with van der Waals surface area (Å²) in [5.41, 5.74) is 2.87. The fraction of sp³-hybridized carbons (Fsp3) is 0.0526. The van der Waals surface area contributed by atoms with Crippen molar-refractivity contribution >= 4 is 34.1 Å². The van der Waals surface area contributed by atoms with E-state index in [1.165, 1.54) is 11.3 Å². The molecule has 138 valence electrons. The van der Waals surface area contributed by atoms with Crippen LogP contribution in [0.5, 0.6) is 0 Å². The van der Waals surface area contributed by atoms with E-state index in [1.54, 1.807) is 23.9 Å². The van der Waals surface area contributed by atoms with Gasteiger partial charge in [-0.15, -0.1) is 11.3 Å². The van der Waals surface area contributed by atoms with Gasteiger partial charge in [0.25, 0.3) is 5.91 Å². The van der Waals surface area contributed by atoms with Crippen LogP contribution in [-0.2, 0) is 6.54 Å². The highest BCUT2D eigenvalue weighted by molar-refractivity contribution is 7.12. The molecule has 7 nitrogen and oxygen atoms in total. The summed E-state index contributed by atoms with van der Waals surface area (Å²) in [5.74, 6) is 0.409. The van der Waals surface area contributed by atoms with Crippen molar-refractivity contribution < 1.29 is 4.79 Å². The Hall–Kier alpha value is -3.30. The molecule has 28 heavy (non-hydrogen) atoms. The Labute approximate surface area is 168 Å². The molecule has 5 heterocycles. The van der Waals surface area contributed by atoms with Gasteiger partial charge >= 0.3 is 0 Å². The highest BCUT2D eigenvalue weighted by Crippen LogP contribution is 2.23. The third-order valence-corrected chi connectivity index (χ3v) is 5.77. The number of imidazole rings is 2. The van der Waals surface area contributed by atoms with Crippen molar-refractivity contribution in [2.75, 3.05) is 0 Å². The maximum atomic E-state index is 12.8. The molecule has 0 radical (unpaired) electrons. The lowest BCUT2D eigenvalue weighted by Gasteiger charge is -2.01. The average Bonchev–Trinajstić information content (AvgIpc) is 3.52. The minimum absolute atomic E-state index is 0.208. The average molecular weight is 406 g/mol. The first-order chi connectivity index (χ1) is 13.8. The molecule has 0 spiro atoms. The second-order valence-corrected chi connectivity index (χ2v) is 7.69. The molecule has 0 atom stereocenters. The van der Waals surface area contributed by atoms with Crippen LogP contribution >= 0.6 is 22.7 Å². The lowest BCUT2D eigenvalue weighted by molar-refractivity contribution is 0.0948. The number of thiophene rings is 1. The molecule has 0 aliphatic rings. The fourth-order valence-electron chi connectivity index (χ4n) is 2.93. The molecule has 0 bridgehead atoms. The third kappa shape index (κ3) is 3.00. The van der Waals surface area contributed by atoms with Gasteiger partial charge in [0.1, 0.15) is 12.0 Å². The number of pyridine rings is 1. The molecule has 0 aromatic carbocycles. The topological polar surface area (TPSA) is 77.1 Å². The Balaban J connectivity index is 1.51. The smallest absolute Gasteiger partial charge is 0.272 e. The van der Waals surface area contributed by atoms with Gasteiger partial charge in [-0.1, -0.05) is 6.07 Å². The number of thiazole rings is 1. The van der Waals surface area contributed by atoms with Crippen LogP contribution in [0.3, 0.4) is 0 Å². The van der Waals surface area contributed by atoms with Crippen LogP contribution in [0.15, 0.2) is 65.3 Å². The minimum Gasteiger partial charge on any atom is -0.347 e. The van der Waals surface area contributed by atoms with E-state index in [0.717, 1.165) is 16.2 Å². The zero-order valence-electron chi connectivity index (χ0n) is 14.5. The number of nitrogens with zero attached hydrogens (tertiary/aromatic N) is 5. The summed E-state index contributed by atoms with van der Waals surface area (Å²) >= 11 is 3.13. The molecular weight excluding hydrogens is 392 g/mol. The lowest BCUT2D eigenvalue weighted by Crippen LogP contribution is -2.23. The number of carbonyl (C=O) groups excluding carboxylic acids is 1. The van der Waals surface area contributed by atoms with Gasteiger partial charge in [0.05, 0.1) is 5.52 Å². The molecule has 0 aliphatic heterocycles. The molecule has 5 aromatic rings. The van der Waals surface area contributed by atoms with E-state index in [0.29, 0.717) is 23.8 Å². The Morgan fingerprint density at radius 1 is 1.18 bits per heavy atom. The van der Waals surface area contributed by atoms with E-state index in [4.69, 9.17) is 0 Å². The van der Waals surface area contributed by atoms with E-state index in [-0.39, 0.29) is 5.91 Å². The maximum Gasteiger partial charge on any atom is 0.272 e. The normalized spacial score (nSPS) is 11.1. The predicted octanol–water partition coefficient (Wildman–Crippen LogP) is 3.64. The SMILES string of the molecule is O=C(NCc1ccsc1)c1nc(-c2cn(-c3nccs3)cn2)n2ccccc12. The molecular formula is C19H14N6OS2. The first kappa shape index (κ1) is 16.8. The molecule has 5 aromatic heterocycles. The lowest BCUT2D eigenvalue weighted by atomic mass is 10.3. The summed E-state index contributed by atoms with van der Waals surface area (Å²) in [7, 11) is 0. The monoisotopic (exact) mass is 406 g/mol. The highest BCUT2D eigenvalue weighted by Gasteiger charge is 2.19. The van der Waals surface area contributed by atoms with Crippen LogP contribution in [0.4, 0.5) is 0 Å². The molecule has 0 unspecified atom stereocenters. The number of nitrogens with one attached hydrogen (secondary N) is 1. The van der Waals surface area contributed by atoms with Crippen LogP contribution in [0.25, 0.3) is 22.2 Å². The van der Waals surface area contributed by atoms with E-state index >= 15 is 0 Å². The van der Waals surface area contributed by atoms with E-state index in [1.807, 2.05) is 61.8 Å². The fourth-order valence-corrected chi connectivity index (χ4v) is 4.19. The molecule has 0 saturated carbocycles. The van der Waals surface area contributed by atoms with Gasteiger partial charge in [-0.3, -0.25) is 13.8 Å². The van der Waals surface area contributed by atoms with E-state index < -0.39 is 0 Å². The quantitative estimate of drug-likeness (QED) is 0.483. The standard InChI is InChI=1S/C19H14N6OS2/c26-18(21-9-13-4-7-27-11-13)16-15-3-1-2-6-25(15)17(23-16)14-10-24(12-22-14)19-20-5-8-28-19/h1-8,10-12H,9H2,(H,21,26). The van der Waals surface area contributed by atoms with Crippen LogP contribution in [0.1, 0.15) is 16.1 Å². The van der Waals surface area contributed by atoms with Gasteiger partial charge in [-0.25, -0.2) is 15.0 Å². The largest absolute Gasteiger partial charge is 0.347 e. The van der Waals surface area contributed by atoms with Crippen molar-refractivity contribution in [1.82, 2.24) is 29.2 Å². The summed E-state index contributed by atoms with van der Waals surface area (Å²) in [5, 5.41) is 9.69. The van der Waals surface area contributed by atoms with Gasteiger partial charge in [-0.05, 0) is 34.5 Å². The van der Waals surface area contributed by atoms with Crippen molar-refractivity contribution in [3.63, 3.8) is 0 Å². The predicted molar refractivity (Wildman–Crippen MR) is 109 cm³/mol. The summed E-state index contributed by atoms with van der Waals surface area (Å²) in [6.45, 7) is 0.474. The second kappa shape index (κ2) is 7.02. The van der Waals surface area contributed by atoms with Crippen molar-refractivity contribution in [1.29, 1.82) is 0 Å². The van der Waals surface area contributed by atoms with Crippen molar-refractivity contribution in [3.8, 4) is 16.6 Å². The molecule has 0 saturated heterocycles. The molecule has 0 aliphatic carbocycles. The van der Waals surface area contributed by atoms with Crippen LogP contribution in [0, 0.1) is 0 Å². The van der Waals surface area contributed by atoms with Crippen LogP contribution in [-0.4, -0.2) is 29.8 Å². The minimum atomic E-state index is -0.208. The van der Waals surface area contributed by atoms with E-state index in [2.05, 4.69) is 20.3 Å². The number of fused-ring (bicyclic) bond motifs is 1. The first-order valence-electron chi connectivity index (χ1n) is 8.50. The number of hydrogen-bond donors (Lipinski definition) is 1. The van der Waals surface area contributed by atoms with Gasteiger partial charge < -0.3 is 5.32 Å². The van der Waals surface area contributed by atoms with Gasteiger partial charge in [0, 0.05) is 30.5 Å². The Bertz CT molecular complexity index is 1240. The summed E-state index contributed by atoms with van der Waals surface area (Å²) in [6, 6.07) is 7.67. The third-order valence-electron chi connectivity index (χ3n) is 4.25. The Morgan fingerprint density at radius 3 is 2.96 bits per heavy atom. The maximum absolute atomic E-state index is 12.8. The van der Waals surface area contributed by atoms with Gasteiger partial charge in [-0.2, -0.15) is 11.3 Å². The number of aromatic nitrogens is 5. The number of rotatable bonds is 5. The Kier molecular flexibility index (Phi) is 4.22. The number of carbonyl (C=O) groups is 1. The Morgan fingerprint density at radius 2 is 2.14 bits per heavy atom. The van der Waals surface area contributed by atoms with Crippen molar-refractivity contribution in [3.05, 3.63) is 76.6 Å².